The molecule has 1 aromatic heterocycles. The fraction of sp³-hybridized carbons (Fsp3) is 0.514. The van der Waals surface area contributed by atoms with E-state index in [4.69, 9.17) is 19.3 Å². The van der Waals surface area contributed by atoms with E-state index in [9.17, 15) is 9.59 Å². The van der Waals surface area contributed by atoms with Gasteiger partial charge in [0, 0.05) is 3.57 Å². The molecule has 0 spiro atoms. The maximum absolute atomic E-state index is 14.4. The molecule has 5 unspecified atom stereocenters. The van der Waals surface area contributed by atoms with Gasteiger partial charge in [-0.15, -0.1) is 0 Å². The Hall–Kier alpha value is -3.08. The Morgan fingerprint density at radius 3 is 2.34 bits per heavy atom. The first-order chi connectivity index (χ1) is 20.9. The molecule has 44 heavy (non-hydrogen) atoms. The quantitative estimate of drug-likeness (QED) is 0.197. The van der Waals surface area contributed by atoms with E-state index in [-0.39, 0.29) is 35.3 Å². The summed E-state index contributed by atoms with van der Waals surface area (Å²) in [5.41, 5.74) is 1.81. The first-order valence-corrected chi connectivity index (χ1v) is 16.6. The topological polar surface area (TPSA) is 91.7 Å². The monoisotopic (exact) mass is 711 g/mol. The van der Waals surface area contributed by atoms with Gasteiger partial charge in [-0.3, -0.25) is 4.79 Å². The smallest absolute Gasteiger partial charge is 0.332 e. The number of rotatable bonds is 8. The first kappa shape index (κ1) is 30.9. The second kappa shape index (κ2) is 11.4. The summed E-state index contributed by atoms with van der Waals surface area (Å²) in [5, 5.41) is 8.23. The average molecular weight is 712 g/mol. The third-order valence-corrected chi connectivity index (χ3v) is 10.4. The molecule has 1 N–H and O–H groups in total. The Morgan fingerprint density at radius 1 is 1.02 bits per heavy atom. The van der Waals surface area contributed by atoms with Crippen LogP contribution in [0, 0.1) is 27.2 Å². The van der Waals surface area contributed by atoms with Crippen molar-refractivity contribution < 1.29 is 23.8 Å². The second-order valence-corrected chi connectivity index (χ2v) is 15.2. The Labute approximate surface area is 273 Å². The normalized spacial score (nSPS) is 25.4. The van der Waals surface area contributed by atoms with Crippen LogP contribution < -0.4 is 14.8 Å². The van der Waals surface area contributed by atoms with Gasteiger partial charge in [0.1, 0.15) is 22.6 Å². The summed E-state index contributed by atoms with van der Waals surface area (Å²) in [6.07, 6.45) is 3.95. The highest BCUT2D eigenvalue weighted by atomic mass is 127. The number of nitrogens with zero attached hydrogens (tertiary/aromatic N) is 2. The van der Waals surface area contributed by atoms with Crippen LogP contribution in [0.2, 0.25) is 0 Å². The van der Waals surface area contributed by atoms with Crippen LogP contribution in [0.3, 0.4) is 0 Å². The maximum Gasteiger partial charge on any atom is 0.332 e. The molecule has 9 heteroatoms. The van der Waals surface area contributed by atoms with Crippen LogP contribution in [0.4, 0.5) is 0 Å². The molecular formula is C35H42IN3O5. The summed E-state index contributed by atoms with van der Waals surface area (Å²) in [6, 6.07) is 13.6. The van der Waals surface area contributed by atoms with Crippen molar-refractivity contribution in [3.63, 3.8) is 0 Å². The largest absolute Gasteiger partial charge is 0.496 e. The van der Waals surface area contributed by atoms with Gasteiger partial charge in [-0.25, -0.2) is 9.48 Å². The van der Waals surface area contributed by atoms with Gasteiger partial charge in [-0.2, -0.15) is 5.10 Å². The molecule has 234 valence electrons. The van der Waals surface area contributed by atoms with Crippen molar-refractivity contribution in [1.82, 2.24) is 15.1 Å². The third-order valence-electron chi connectivity index (χ3n) is 9.75. The molecule has 4 fully saturated rings. The zero-order valence-corrected chi connectivity index (χ0v) is 28.7. The molecule has 4 bridgehead atoms. The fourth-order valence-corrected chi connectivity index (χ4v) is 8.62. The number of amides is 1. The number of carbonyl (C=O) groups is 2. The van der Waals surface area contributed by atoms with E-state index in [1.165, 1.54) is 0 Å². The van der Waals surface area contributed by atoms with E-state index >= 15 is 0 Å². The summed E-state index contributed by atoms with van der Waals surface area (Å²) in [5.74, 6) is 1.89. The van der Waals surface area contributed by atoms with E-state index in [0.29, 0.717) is 34.6 Å². The average Bonchev–Trinajstić information content (AvgIpc) is 3.59. The van der Waals surface area contributed by atoms with Crippen LogP contribution in [0.25, 0.3) is 16.9 Å². The summed E-state index contributed by atoms with van der Waals surface area (Å²) >= 11 is 2.32. The zero-order valence-electron chi connectivity index (χ0n) is 26.6. The predicted octanol–water partition coefficient (Wildman–Crippen LogP) is 7.16. The lowest BCUT2D eigenvalue weighted by Crippen LogP contribution is -2.64. The van der Waals surface area contributed by atoms with E-state index in [2.05, 4.69) is 47.8 Å². The van der Waals surface area contributed by atoms with E-state index in [1.807, 2.05) is 55.8 Å². The number of esters is 1. The van der Waals surface area contributed by atoms with Gasteiger partial charge in [0.25, 0.3) is 5.91 Å². The van der Waals surface area contributed by atoms with Crippen molar-refractivity contribution in [1.29, 1.82) is 0 Å². The molecule has 8 nitrogen and oxygen atoms in total. The van der Waals surface area contributed by atoms with Crippen LogP contribution in [0.5, 0.6) is 11.5 Å². The Balaban J connectivity index is 1.49. The standard InChI is InChI=1S/C35H42IN3O5/c1-19(2)24-17-23(36)11-12-27(24)39-28(31-29(42-6)9-8-10-30(31)43-7)18-26(38-39)32(40)37-35(33(41)44-34(3,4)5)22-14-20-13-21(16-22)25(35)15-20/h8-12,17-22,25H,13-16H2,1-7H3,(H,37,40). The van der Waals surface area contributed by atoms with Crippen LogP contribution in [0.1, 0.15) is 82.3 Å². The predicted molar refractivity (Wildman–Crippen MR) is 177 cm³/mol. The number of hydrogen-bond donors (Lipinski definition) is 1. The number of nitrogens with one attached hydrogen (secondary N) is 1. The van der Waals surface area contributed by atoms with Gasteiger partial charge in [0.2, 0.25) is 0 Å². The molecular weight excluding hydrogens is 669 g/mol. The number of benzene rings is 2. The molecule has 5 atom stereocenters. The Kier molecular flexibility index (Phi) is 7.99. The van der Waals surface area contributed by atoms with Crippen LogP contribution >= 0.6 is 22.6 Å². The van der Waals surface area contributed by atoms with Gasteiger partial charge >= 0.3 is 5.97 Å². The molecule has 2 aromatic carbocycles. The molecule has 4 saturated carbocycles. The Morgan fingerprint density at radius 2 is 1.73 bits per heavy atom. The van der Waals surface area contributed by atoms with Gasteiger partial charge in [-0.1, -0.05) is 19.9 Å². The third kappa shape index (κ3) is 5.18. The zero-order chi connectivity index (χ0) is 31.6. The maximum atomic E-state index is 14.4. The molecule has 4 aliphatic rings. The lowest BCUT2D eigenvalue weighted by atomic mass is 9.69. The van der Waals surface area contributed by atoms with Crippen LogP contribution in [-0.2, 0) is 9.53 Å². The SMILES string of the molecule is COc1cccc(OC)c1-c1cc(C(=O)NC2(C(=O)OC(C)(C)C)C3CC4CC(C3)C2C4)nn1-c1ccc(I)cc1C(C)C. The van der Waals surface area contributed by atoms with Crippen molar-refractivity contribution in [2.45, 2.75) is 77.4 Å². The highest BCUT2D eigenvalue weighted by molar-refractivity contribution is 14.1. The number of aromatic nitrogens is 2. The van der Waals surface area contributed by atoms with Gasteiger partial charge in [0.15, 0.2) is 5.69 Å². The molecule has 0 aliphatic heterocycles. The minimum atomic E-state index is -1.06. The number of carbonyl (C=O) groups excluding carboxylic acids is 2. The van der Waals surface area contributed by atoms with Gasteiger partial charge in [0.05, 0.1) is 31.2 Å². The number of methoxy groups -OCH3 is 2. The lowest BCUT2D eigenvalue weighted by molar-refractivity contribution is -0.168. The molecule has 4 aliphatic carbocycles. The lowest BCUT2D eigenvalue weighted by Gasteiger charge is -2.43. The van der Waals surface area contributed by atoms with Crippen LogP contribution in [0.15, 0.2) is 42.5 Å². The van der Waals surface area contributed by atoms with Crippen molar-refractivity contribution in [3.8, 4) is 28.4 Å². The second-order valence-electron chi connectivity index (χ2n) is 13.9. The van der Waals surface area contributed by atoms with E-state index < -0.39 is 11.1 Å². The van der Waals surface area contributed by atoms with Crippen LogP contribution in [-0.4, -0.2) is 47.0 Å². The molecule has 3 aromatic rings. The minimum Gasteiger partial charge on any atom is -0.496 e. The van der Waals surface area contributed by atoms with E-state index in [1.54, 1.807) is 20.3 Å². The van der Waals surface area contributed by atoms with Crippen molar-refractivity contribution in [2.24, 2.45) is 23.7 Å². The first-order valence-electron chi connectivity index (χ1n) is 15.5. The molecule has 0 radical (unpaired) electrons. The van der Waals surface area contributed by atoms with Crippen molar-refractivity contribution >= 4 is 34.5 Å². The highest BCUT2D eigenvalue weighted by Gasteiger charge is 2.67. The molecule has 0 saturated heterocycles. The highest BCUT2D eigenvalue weighted by Crippen LogP contribution is 2.63. The molecule has 1 heterocycles. The van der Waals surface area contributed by atoms with E-state index in [0.717, 1.165) is 40.5 Å². The molecule has 7 rings (SSSR count). The summed E-state index contributed by atoms with van der Waals surface area (Å²) in [4.78, 5) is 28.4. The number of halogens is 1. The fourth-order valence-electron chi connectivity index (χ4n) is 8.11. The Bertz CT molecular complexity index is 1580. The van der Waals surface area contributed by atoms with Gasteiger partial charge in [-0.05, 0) is 141 Å². The minimum absolute atomic E-state index is 0.0587. The van der Waals surface area contributed by atoms with Crippen molar-refractivity contribution in [3.05, 3.63) is 57.3 Å². The number of ether oxygens (including phenoxy) is 3. The summed E-state index contributed by atoms with van der Waals surface area (Å²) < 4.78 is 20.5. The number of hydrogen-bond acceptors (Lipinski definition) is 6. The summed E-state index contributed by atoms with van der Waals surface area (Å²) in [6.45, 7) is 9.93. The van der Waals surface area contributed by atoms with Crippen molar-refractivity contribution in [2.75, 3.05) is 14.2 Å². The molecule has 1 amide bonds. The van der Waals surface area contributed by atoms with Gasteiger partial charge < -0.3 is 19.5 Å². The summed E-state index contributed by atoms with van der Waals surface area (Å²) in [7, 11) is 3.23.